The molecule has 5 nitrogen and oxygen atoms in total. The van der Waals surface area contributed by atoms with E-state index in [4.69, 9.17) is 0 Å². The number of rotatable bonds is 2. The maximum atomic E-state index is 11.9. The van der Waals surface area contributed by atoms with Crippen LogP contribution in [-0.4, -0.2) is 34.1 Å². The van der Waals surface area contributed by atoms with Crippen LogP contribution >= 0.6 is 12.4 Å². The van der Waals surface area contributed by atoms with Crippen molar-refractivity contribution in [3.05, 3.63) is 18.2 Å². The summed E-state index contributed by atoms with van der Waals surface area (Å²) in [6, 6.07) is 0. The van der Waals surface area contributed by atoms with Crippen molar-refractivity contribution >= 4 is 18.3 Å². The van der Waals surface area contributed by atoms with Gasteiger partial charge in [0, 0.05) is 18.8 Å². The van der Waals surface area contributed by atoms with E-state index in [0.717, 1.165) is 25.9 Å². The van der Waals surface area contributed by atoms with Crippen molar-refractivity contribution in [1.82, 2.24) is 20.2 Å². The number of hydrogen-bond acceptors (Lipinski definition) is 3. The average molecular weight is 259 g/mol. The normalized spacial score (nSPS) is 18.2. The van der Waals surface area contributed by atoms with Gasteiger partial charge in [-0.05, 0) is 32.9 Å². The molecule has 0 atom stereocenters. The van der Waals surface area contributed by atoms with Crippen LogP contribution in [0.3, 0.4) is 0 Å². The second-order valence-corrected chi connectivity index (χ2v) is 4.69. The van der Waals surface area contributed by atoms with E-state index in [1.54, 1.807) is 17.1 Å². The van der Waals surface area contributed by atoms with E-state index in [1.165, 1.54) is 0 Å². The van der Waals surface area contributed by atoms with Gasteiger partial charge in [-0.15, -0.1) is 12.4 Å². The molecule has 1 aliphatic heterocycles. The molecule has 6 heteroatoms. The summed E-state index contributed by atoms with van der Waals surface area (Å²) in [7, 11) is 1.86. The highest BCUT2D eigenvalue weighted by Crippen LogP contribution is 2.17. The minimum Gasteiger partial charge on any atom is -0.345 e. The Kier molecular flexibility index (Phi) is 4.54. The third-order valence-corrected chi connectivity index (χ3v) is 3.06. The van der Waals surface area contributed by atoms with Crippen LogP contribution in [0.2, 0.25) is 0 Å². The summed E-state index contributed by atoms with van der Waals surface area (Å²) in [6.45, 7) is 4.01. The predicted octanol–water partition coefficient (Wildman–Crippen LogP) is 0.714. The quantitative estimate of drug-likeness (QED) is 0.822. The molecule has 2 heterocycles. The molecule has 96 valence electrons. The topological polar surface area (TPSA) is 59.0 Å². The first-order chi connectivity index (χ1) is 7.59. The Bertz CT molecular complexity index is 385. The molecule has 0 saturated carbocycles. The standard InChI is InChI=1S/C11H18N4O.ClH/c1-11(3-5-12-6-4-11)14-10(16)9-7-15(2)8-13-9;/h7-8,12H,3-6H2,1-2H3,(H,14,16);1H. The molecule has 17 heavy (non-hydrogen) atoms. The number of aromatic nitrogens is 2. The van der Waals surface area contributed by atoms with Crippen LogP contribution in [-0.2, 0) is 7.05 Å². The molecule has 0 spiro atoms. The van der Waals surface area contributed by atoms with Gasteiger partial charge in [-0.3, -0.25) is 4.79 Å². The first-order valence-electron chi connectivity index (χ1n) is 5.60. The van der Waals surface area contributed by atoms with Crippen LogP contribution < -0.4 is 10.6 Å². The smallest absolute Gasteiger partial charge is 0.271 e. The molecule has 1 fully saturated rings. The lowest BCUT2D eigenvalue weighted by Crippen LogP contribution is -2.52. The summed E-state index contributed by atoms with van der Waals surface area (Å²) < 4.78 is 1.78. The Hall–Kier alpha value is -1.07. The molecule has 1 saturated heterocycles. The van der Waals surface area contributed by atoms with E-state index in [-0.39, 0.29) is 23.9 Å². The van der Waals surface area contributed by atoms with Crippen molar-refractivity contribution in [3.8, 4) is 0 Å². The second-order valence-electron chi connectivity index (χ2n) is 4.69. The molecule has 0 aromatic carbocycles. The zero-order valence-corrected chi connectivity index (χ0v) is 11.0. The summed E-state index contributed by atoms with van der Waals surface area (Å²) in [5.41, 5.74) is 0.391. The van der Waals surface area contributed by atoms with Crippen molar-refractivity contribution in [2.45, 2.75) is 25.3 Å². The minimum atomic E-state index is -0.0974. The largest absolute Gasteiger partial charge is 0.345 e. The molecule has 0 bridgehead atoms. The Morgan fingerprint density at radius 2 is 2.18 bits per heavy atom. The molecule has 0 radical (unpaired) electrons. The summed E-state index contributed by atoms with van der Waals surface area (Å²) in [5, 5.41) is 6.36. The molecule has 1 aromatic heterocycles. The minimum absolute atomic E-state index is 0. The highest BCUT2D eigenvalue weighted by Gasteiger charge is 2.29. The fourth-order valence-electron chi connectivity index (χ4n) is 1.97. The van der Waals surface area contributed by atoms with Gasteiger partial charge in [0.2, 0.25) is 0 Å². The van der Waals surface area contributed by atoms with E-state index in [9.17, 15) is 4.79 Å². The Balaban J connectivity index is 0.00000144. The van der Waals surface area contributed by atoms with Gasteiger partial charge in [0.15, 0.2) is 0 Å². The monoisotopic (exact) mass is 258 g/mol. The number of carbonyl (C=O) groups excluding carboxylic acids is 1. The lowest BCUT2D eigenvalue weighted by atomic mass is 9.90. The van der Waals surface area contributed by atoms with Gasteiger partial charge in [-0.2, -0.15) is 0 Å². The van der Waals surface area contributed by atoms with Crippen LogP contribution in [0.25, 0.3) is 0 Å². The van der Waals surface area contributed by atoms with E-state index >= 15 is 0 Å². The Morgan fingerprint density at radius 3 is 2.71 bits per heavy atom. The number of nitrogens with zero attached hydrogens (tertiary/aromatic N) is 2. The summed E-state index contributed by atoms with van der Waals surface area (Å²) in [5.74, 6) is -0.0787. The SMILES string of the molecule is Cl.Cn1cnc(C(=O)NC2(C)CCNCC2)c1. The van der Waals surface area contributed by atoms with Crippen LogP contribution in [0.1, 0.15) is 30.3 Å². The number of carbonyl (C=O) groups is 1. The molecule has 0 aliphatic carbocycles. The zero-order valence-electron chi connectivity index (χ0n) is 10.2. The van der Waals surface area contributed by atoms with Crippen LogP contribution in [0.4, 0.5) is 0 Å². The predicted molar refractivity (Wildman–Crippen MR) is 68.4 cm³/mol. The first kappa shape index (κ1) is 14.0. The maximum absolute atomic E-state index is 11.9. The third-order valence-electron chi connectivity index (χ3n) is 3.06. The average Bonchev–Trinajstić information content (AvgIpc) is 2.65. The Morgan fingerprint density at radius 1 is 1.53 bits per heavy atom. The highest BCUT2D eigenvalue weighted by molar-refractivity contribution is 5.92. The number of piperidine rings is 1. The van der Waals surface area contributed by atoms with Gasteiger partial charge < -0.3 is 15.2 Å². The second kappa shape index (κ2) is 5.51. The summed E-state index contributed by atoms with van der Waals surface area (Å²) >= 11 is 0. The number of amides is 1. The van der Waals surface area contributed by atoms with Gasteiger partial charge in [0.25, 0.3) is 5.91 Å². The number of imidazole rings is 1. The molecule has 0 unspecified atom stereocenters. The molecular weight excluding hydrogens is 240 g/mol. The van der Waals surface area contributed by atoms with Gasteiger partial charge >= 0.3 is 0 Å². The van der Waals surface area contributed by atoms with Crippen molar-refractivity contribution in [3.63, 3.8) is 0 Å². The van der Waals surface area contributed by atoms with Crippen molar-refractivity contribution in [2.24, 2.45) is 7.05 Å². The molecule has 1 aliphatic rings. The number of hydrogen-bond donors (Lipinski definition) is 2. The van der Waals surface area contributed by atoms with E-state index in [1.807, 2.05) is 7.05 Å². The fourth-order valence-corrected chi connectivity index (χ4v) is 1.97. The van der Waals surface area contributed by atoms with Crippen molar-refractivity contribution in [2.75, 3.05) is 13.1 Å². The van der Waals surface area contributed by atoms with Crippen LogP contribution in [0, 0.1) is 0 Å². The molecule has 2 N–H and O–H groups in total. The Labute approximate surface area is 107 Å². The van der Waals surface area contributed by atoms with Gasteiger partial charge in [-0.25, -0.2) is 4.98 Å². The van der Waals surface area contributed by atoms with Crippen molar-refractivity contribution < 1.29 is 4.79 Å². The number of nitrogens with one attached hydrogen (secondary N) is 2. The van der Waals surface area contributed by atoms with Crippen LogP contribution in [0.5, 0.6) is 0 Å². The number of halogens is 1. The van der Waals surface area contributed by atoms with E-state index < -0.39 is 0 Å². The molecule has 1 aromatic rings. The van der Waals surface area contributed by atoms with Crippen LogP contribution in [0.15, 0.2) is 12.5 Å². The lowest BCUT2D eigenvalue weighted by Gasteiger charge is -2.34. The zero-order chi connectivity index (χ0) is 11.6. The molecule has 2 rings (SSSR count). The van der Waals surface area contributed by atoms with Gasteiger partial charge in [0.05, 0.1) is 6.33 Å². The lowest BCUT2D eigenvalue weighted by molar-refractivity contribution is 0.0883. The summed E-state index contributed by atoms with van der Waals surface area (Å²) in [4.78, 5) is 16.0. The highest BCUT2D eigenvalue weighted by atomic mass is 35.5. The maximum Gasteiger partial charge on any atom is 0.271 e. The fraction of sp³-hybridized carbons (Fsp3) is 0.636. The molecule has 1 amide bonds. The first-order valence-corrected chi connectivity index (χ1v) is 5.60. The van der Waals surface area contributed by atoms with Gasteiger partial charge in [-0.1, -0.05) is 0 Å². The van der Waals surface area contributed by atoms with E-state index in [2.05, 4.69) is 22.5 Å². The van der Waals surface area contributed by atoms with Crippen molar-refractivity contribution in [1.29, 1.82) is 0 Å². The summed E-state index contributed by atoms with van der Waals surface area (Å²) in [6.07, 6.45) is 5.30. The third kappa shape index (κ3) is 3.44. The molecular formula is C11H19ClN4O. The van der Waals surface area contributed by atoms with Gasteiger partial charge in [0.1, 0.15) is 5.69 Å². The number of aryl methyl sites for hydroxylation is 1. The van der Waals surface area contributed by atoms with E-state index in [0.29, 0.717) is 5.69 Å².